The second kappa shape index (κ2) is 14.9. The van der Waals surface area contributed by atoms with Crippen molar-refractivity contribution in [1.29, 1.82) is 0 Å². The average Bonchev–Trinajstić information content (AvgIpc) is 3.73. The number of halogens is 2. The second-order valence-electron chi connectivity index (χ2n) is 11.6. The van der Waals surface area contributed by atoms with E-state index in [1.165, 1.54) is 0 Å². The van der Waals surface area contributed by atoms with Crippen molar-refractivity contribution in [3.63, 3.8) is 0 Å². The first kappa shape index (κ1) is 33.0. The van der Waals surface area contributed by atoms with Crippen LogP contribution in [-0.2, 0) is 17.9 Å². The zero-order valence-corrected chi connectivity index (χ0v) is 27.8. The molecule has 4 aromatic rings. The summed E-state index contributed by atoms with van der Waals surface area (Å²) in [4.78, 5) is 32.5. The molecule has 2 fully saturated rings. The lowest BCUT2D eigenvalue weighted by Gasteiger charge is -2.22. The Balaban J connectivity index is 1.24. The molecule has 13 heteroatoms. The van der Waals surface area contributed by atoms with E-state index >= 15 is 0 Å². The van der Waals surface area contributed by atoms with E-state index in [2.05, 4.69) is 20.5 Å². The van der Waals surface area contributed by atoms with Gasteiger partial charge in [-0.15, -0.1) is 0 Å². The Hall–Kier alpha value is -3.87. The monoisotopic (exact) mass is 677 g/mol. The zero-order valence-electron chi connectivity index (χ0n) is 26.3. The van der Waals surface area contributed by atoms with Gasteiger partial charge in [0.2, 0.25) is 17.7 Å². The molecule has 3 N–H and O–H groups in total. The summed E-state index contributed by atoms with van der Waals surface area (Å²) >= 11 is 14.1. The minimum Gasteiger partial charge on any atom is -0.480 e. The van der Waals surface area contributed by atoms with Crippen molar-refractivity contribution in [2.24, 2.45) is 0 Å². The number of hydrogen-bond donors (Lipinski definition) is 3. The number of carbonyl (C=O) groups is 1. The van der Waals surface area contributed by atoms with Crippen LogP contribution in [0.2, 0.25) is 10.0 Å². The van der Waals surface area contributed by atoms with Gasteiger partial charge in [-0.1, -0.05) is 59.6 Å². The summed E-state index contributed by atoms with van der Waals surface area (Å²) in [7, 11) is 3.13. The van der Waals surface area contributed by atoms with Gasteiger partial charge in [-0.05, 0) is 25.8 Å². The molecule has 4 heterocycles. The first-order chi connectivity index (χ1) is 22.9. The third-order valence-electron chi connectivity index (χ3n) is 8.68. The van der Waals surface area contributed by atoms with Crippen molar-refractivity contribution in [2.45, 2.75) is 50.9 Å². The van der Waals surface area contributed by atoms with Gasteiger partial charge in [0.25, 0.3) is 0 Å². The molecule has 1 unspecified atom stereocenters. The predicted molar refractivity (Wildman–Crippen MR) is 180 cm³/mol. The first-order valence-electron chi connectivity index (χ1n) is 15.6. The van der Waals surface area contributed by atoms with Crippen molar-refractivity contribution in [1.82, 2.24) is 35.5 Å². The van der Waals surface area contributed by atoms with E-state index in [9.17, 15) is 9.90 Å². The zero-order chi connectivity index (χ0) is 32.9. The molecule has 2 aliphatic heterocycles. The molecule has 11 nitrogen and oxygen atoms in total. The van der Waals surface area contributed by atoms with Crippen LogP contribution in [0.15, 0.2) is 48.8 Å². The minimum absolute atomic E-state index is 0.0830. The second-order valence-corrected chi connectivity index (χ2v) is 12.4. The Labute approximate surface area is 283 Å². The summed E-state index contributed by atoms with van der Waals surface area (Å²) in [6.45, 7) is 2.64. The van der Waals surface area contributed by atoms with Gasteiger partial charge in [-0.2, -0.15) is 0 Å². The standard InChI is InChI=1S/C34H37Cl2N7O4/c1-46-33-28(15-37-14-20-11-12-30(45)40-20)38-16-26(41-33)24-9-3-7-22(31(24)35)23-8-4-10-25(32(23)36)27-17-39-29(34(42-27)47-2)18-43-13-5-6-21(43)19-44/h3-4,7-10,16-17,20-21,37,44H,5-6,11-15,18-19H2,1-2H3,(H,40,45)/t20?,21-/m0/s1. The summed E-state index contributed by atoms with van der Waals surface area (Å²) < 4.78 is 11.2. The number of nitrogens with one attached hydrogen (secondary N) is 2. The van der Waals surface area contributed by atoms with Gasteiger partial charge in [0.1, 0.15) is 11.4 Å². The van der Waals surface area contributed by atoms with Crippen LogP contribution in [0.5, 0.6) is 11.8 Å². The third kappa shape index (κ3) is 7.19. The number of benzene rings is 2. The molecular formula is C34H37Cl2N7O4. The fourth-order valence-corrected chi connectivity index (χ4v) is 6.83. The highest BCUT2D eigenvalue weighted by Gasteiger charge is 2.26. The van der Waals surface area contributed by atoms with Crippen molar-refractivity contribution in [3.05, 3.63) is 70.2 Å². The van der Waals surface area contributed by atoms with Gasteiger partial charge >= 0.3 is 0 Å². The van der Waals surface area contributed by atoms with Crippen LogP contribution in [0.25, 0.3) is 33.6 Å². The Morgan fingerprint density at radius 2 is 1.51 bits per heavy atom. The Kier molecular flexibility index (Phi) is 10.5. The van der Waals surface area contributed by atoms with Crippen molar-refractivity contribution < 1.29 is 19.4 Å². The number of carbonyl (C=O) groups excluding carboxylic acids is 1. The SMILES string of the molecule is COc1nc(-c2cccc(-c3cccc(-c4cnc(CN5CCC[C@H]5CO)c(OC)n4)c3Cl)c2Cl)cnc1CNCC1CCC(=O)N1. The molecule has 246 valence electrons. The molecule has 2 saturated heterocycles. The van der Waals surface area contributed by atoms with E-state index in [1.807, 2.05) is 36.4 Å². The summed E-state index contributed by atoms with van der Waals surface area (Å²) in [5.41, 5.74) is 5.30. The molecule has 0 saturated carbocycles. The highest BCUT2D eigenvalue weighted by Crippen LogP contribution is 2.42. The molecule has 6 rings (SSSR count). The first-order valence-corrected chi connectivity index (χ1v) is 16.4. The number of amides is 1. The molecular weight excluding hydrogens is 641 g/mol. The molecule has 2 aliphatic rings. The number of aliphatic hydroxyl groups excluding tert-OH is 1. The number of aliphatic hydroxyl groups is 1. The molecule has 0 bridgehead atoms. The molecule has 0 radical (unpaired) electrons. The van der Waals surface area contributed by atoms with Crippen molar-refractivity contribution >= 4 is 29.1 Å². The third-order valence-corrected chi connectivity index (χ3v) is 9.49. The average molecular weight is 679 g/mol. The quantitative estimate of drug-likeness (QED) is 0.190. The smallest absolute Gasteiger partial charge is 0.237 e. The van der Waals surface area contributed by atoms with E-state index in [4.69, 9.17) is 47.6 Å². The predicted octanol–water partition coefficient (Wildman–Crippen LogP) is 4.92. The van der Waals surface area contributed by atoms with Crippen LogP contribution in [0.4, 0.5) is 0 Å². The lowest BCUT2D eigenvalue weighted by molar-refractivity contribution is -0.119. The Morgan fingerprint density at radius 1 is 0.915 bits per heavy atom. The van der Waals surface area contributed by atoms with Crippen LogP contribution >= 0.6 is 23.2 Å². The van der Waals surface area contributed by atoms with E-state index in [-0.39, 0.29) is 24.6 Å². The van der Waals surface area contributed by atoms with Gasteiger partial charge in [0.15, 0.2) is 0 Å². The van der Waals surface area contributed by atoms with E-state index < -0.39 is 0 Å². The topological polar surface area (TPSA) is 135 Å². The number of methoxy groups -OCH3 is 2. The fraction of sp³-hybridized carbons (Fsp3) is 0.382. The summed E-state index contributed by atoms with van der Waals surface area (Å²) in [5, 5.41) is 16.9. The van der Waals surface area contributed by atoms with Crippen LogP contribution in [0, 0.1) is 0 Å². The number of likely N-dealkylation sites (tertiary alicyclic amines) is 1. The summed E-state index contributed by atoms with van der Waals surface area (Å²) in [5.74, 6) is 0.892. The van der Waals surface area contributed by atoms with Crippen molar-refractivity contribution in [3.8, 4) is 45.4 Å². The lowest BCUT2D eigenvalue weighted by atomic mass is 9.98. The van der Waals surface area contributed by atoms with Crippen LogP contribution in [-0.4, -0.2) is 81.8 Å². The maximum Gasteiger partial charge on any atom is 0.237 e. The van der Waals surface area contributed by atoms with Gasteiger partial charge in [-0.25, -0.2) is 9.97 Å². The maximum absolute atomic E-state index is 11.5. The highest BCUT2D eigenvalue weighted by molar-refractivity contribution is 6.39. The molecule has 0 spiro atoms. The number of aromatic nitrogens is 4. The maximum atomic E-state index is 11.5. The molecule has 0 aliphatic carbocycles. The van der Waals surface area contributed by atoms with Crippen LogP contribution in [0.1, 0.15) is 37.1 Å². The normalized spacial score (nSPS) is 18.0. The van der Waals surface area contributed by atoms with Gasteiger partial charge < -0.3 is 25.2 Å². The van der Waals surface area contributed by atoms with E-state index in [0.717, 1.165) is 36.9 Å². The van der Waals surface area contributed by atoms with E-state index in [1.54, 1.807) is 26.6 Å². The fourth-order valence-electron chi connectivity index (χ4n) is 6.18. The molecule has 47 heavy (non-hydrogen) atoms. The largest absolute Gasteiger partial charge is 0.480 e. The van der Waals surface area contributed by atoms with Gasteiger partial charge in [0, 0.05) is 60.4 Å². The molecule has 2 aromatic heterocycles. The van der Waals surface area contributed by atoms with Crippen LogP contribution in [0.3, 0.4) is 0 Å². The number of hydrogen-bond acceptors (Lipinski definition) is 10. The van der Waals surface area contributed by atoms with Gasteiger partial charge in [0.05, 0.1) is 54.7 Å². The molecule has 2 atom stereocenters. The minimum atomic E-state index is 0.0830. The Bertz CT molecular complexity index is 1760. The van der Waals surface area contributed by atoms with Crippen molar-refractivity contribution in [2.75, 3.05) is 33.9 Å². The number of rotatable bonds is 12. The van der Waals surface area contributed by atoms with E-state index in [0.29, 0.717) is 81.8 Å². The summed E-state index contributed by atoms with van der Waals surface area (Å²) in [6.07, 6.45) is 6.75. The van der Waals surface area contributed by atoms with Crippen LogP contribution < -0.4 is 20.1 Å². The lowest BCUT2D eigenvalue weighted by Crippen LogP contribution is -2.35. The summed E-state index contributed by atoms with van der Waals surface area (Å²) in [6, 6.07) is 11.6. The molecule has 2 aromatic carbocycles. The number of ether oxygens (including phenoxy) is 2. The molecule has 1 amide bonds. The van der Waals surface area contributed by atoms with Gasteiger partial charge in [-0.3, -0.25) is 19.7 Å². The number of nitrogens with zero attached hydrogens (tertiary/aromatic N) is 5. The Morgan fingerprint density at radius 3 is 2.09 bits per heavy atom. The highest BCUT2D eigenvalue weighted by atomic mass is 35.5.